The summed E-state index contributed by atoms with van der Waals surface area (Å²) < 4.78 is 0. The first-order chi connectivity index (χ1) is 7.54. The number of carbonyl (C=O) groups excluding carboxylic acids is 1. The molecule has 0 bridgehead atoms. The largest absolute Gasteiger partial charge is 0.481 e. The molecule has 0 aromatic heterocycles. The molecule has 1 rings (SSSR count). The monoisotopic (exact) mass is 228 g/mol. The first-order valence-electron chi connectivity index (χ1n) is 5.82. The second-order valence-corrected chi connectivity index (χ2v) is 4.36. The van der Waals surface area contributed by atoms with E-state index < -0.39 is 11.9 Å². The summed E-state index contributed by atoms with van der Waals surface area (Å²) in [6.45, 7) is 4.27. The van der Waals surface area contributed by atoms with Gasteiger partial charge >= 0.3 is 12.0 Å². The molecular formula is C11H20N2O3. The van der Waals surface area contributed by atoms with Gasteiger partial charge in [0.25, 0.3) is 0 Å². The first-order valence-corrected chi connectivity index (χ1v) is 5.82. The summed E-state index contributed by atoms with van der Waals surface area (Å²) >= 11 is 0. The fraction of sp³-hybridized carbons (Fsp3) is 0.818. The van der Waals surface area contributed by atoms with Crippen LogP contribution in [0.2, 0.25) is 0 Å². The highest BCUT2D eigenvalue weighted by molar-refractivity contribution is 5.76. The Bertz CT molecular complexity index is 264. The molecule has 1 saturated carbocycles. The third-order valence-electron chi connectivity index (χ3n) is 3.02. The second-order valence-electron chi connectivity index (χ2n) is 4.36. The lowest BCUT2D eigenvalue weighted by Gasteiger charge is -2.30. The van der Waals surface area contributed by atoms with Crippen molar-refractivity contribution in [1.29, 1.82) is 0 Å². The number of rotatable bonds is 5. The Balaban J connectivity index is 2.39. The summed E-state index contributed by atoms with van der Waals surface area (Å²) in [5.41, 5.74) is 0. The van der Waals surface area contributed by atoms with Gasteiger partial charge in [-0.1, -0.05) is 6.92 Å². The zero-order valence-electron chi connectivity index (χ0n) is 9.90. The van der Waals surface area contributed by atoms with Crippen molar-refractivity contribution in [3.8, 4) is 0 Å². The van der Waals surface area contributed by atoms with Gasteiger partial charge in [0.2, 0.25) is 0 Å². The number of hydrogen-bond acceptors (Lipinski definition) is 2. The van der Waals surface area contributed by atoms with Crippen LogP contribution in [-0.4, -0.2) is 41.1 Å². The number of carboxylic acid groups (broad SMARTS) is 1. The van der Waals surface area contributed by atoms with Gasteiger partial charge in [-0.25, -0.2) is 4.79 Å². The number of nitrogens with one attached hydrogen (secondary N) is 1. The lowest BCUT2D eigenvalue weighted by Crippen LogP contribution is -2.48. The summed E-state index contributed by atoms with van der Waals surface area (Å²) in [7, 11) is 0. The number of hydrogen-bond donors (Lipinski definition) is 2. The molecule has 0 radical (unpaired) electrons. The Kier molecular flexibility index (Phi) is 4.58. The van der Waals surface area contributed by atoms with Crippen molar-refractivity contribution in [3.63, 3.8) is 0 Å². The molecule has 1 aliphatic rings. The normalized spacial score (nSPS) is 17.4. The number of carbonyl (C=O) groups is 2. The third-order valence-corrected chi connectivity index (χ3v) is 3.02. The van der Waals surface area contributed by atoms with Gasteiger partial charge < -0.3 is 15.3 Å². The second kappa shape index (κ2) is 5.72. The number of aliphatic carboxylic acids is 1. The van der Waals surface area contributed by atoms with Crippen LogP contribution in [0, 0.1) is 5.92 Å². The molecule has 5 nitrogen and oxygen atoms in total. The topological polar surface area (TPSA) is 69.6 Å². The molecule has 1 aliphatic carbocycles. The fourth-order valence-corrected chi connectivity index (χ4v) is 1.58. The highest BCUT2D eigenvalue weighted by Gasteiger charge is 2.24. The average Bonchev–Trinajstić information content (AvgIpc) is 2.18. The number of nitrogens with zero attached hydrogens (tertiary/aromatic N) is 1. The molecule has 1 atom stereocenters. The van der Waals surface area contributed by atoms with E-state index in [0.29, 0.717) is 12.6 Å². The molecule has 1 unspecified atom stereocenters. The van der Waals surface area contributed by atoms with Gasteiger partial charge in [0.1, 0.15) is 0 Å². The Labute approximate surface area is 95.8 Å². The maximum Gasteiger partial charge on any atom is 0.317 e. The maximum atomic E-state index is 11.8. The minimum absolute atomic E-state index is 0.139. The van der Waals surface area contributed by atoms with Gasteiger partial charge in [0.05, 0.1) is 5.92 Å². The van der Waals surface area contributed by atoms with E-state index in [1.165, 1.54) is 6.42 Å². The fourth-order valence-electron chi connectivity index (χ4n) is 1.58. The van der Waals surface area contributed by atoms with Crippen molar-refractivity contribution >= 4 is 12.0 Å². The predicted molar refractivity (Wildman–Crippen MR) is 60.2 cm³/mol. The Morgan fingerprint density at radius 1 is 1.50 bits per heavy atom. The molecule has 0 spiro atoms. The Morgan fingerprint density at radius 2 is 2.12 bits per heavy atom. The number of urea groups is 1. The van der Waals surface area contributed by atoms with Gasteiger partial charge in [-0.05, 0) is 26.2 Å². The van der Waals surface area contributed by atoms with Crippen molar-refractivity contribution in [3.05, 3.63) is 0 Å². The van der Waals surface area contributed by atoms with Crippen LogP contribution in [0.5, 0.6) is 0 Å². The van der Waals surface area contributed by atoms with E-state index >= 15 is 0 Å². The summed E-state index contributed by atoms with van der Waals surface area (Å²) in [4.78, 5) is 24.0. The molecule has 0 aliphatic heterocycles. The van der Waals surface area contributed by atoms with E-state index in [9.17, 15) is 9.59 Å². The number of carboxylic acids is 1. The summed E-state index contributed by atoms with van der Waals surface area (Å²) in [6, 6.07) is 0.155. The van der Waals surface area contributed by atoms with Gasteiger partial charge in [-0.15, -0.1) is 0 Å². The summed E-state index contributed by atoms with van der Waals surface area (Å²) in [5, 5.41) is 11.7. The SMILES string of the molecule is CCN(CC(C)C(=O)O)C(=O)NC1CCC1. The standard InChI is InChI=1S/C11H20N2O3/c1-3-13(7-8(2)10(14)15)11(16)12-9-5-4-6-9/h8-9H,3-7H2,1-2H3,(H,12,16)(H,14,15). The Morgan fingerprint density at radius 3 is 2.50 bits per heavy atom. The molecular weight excluding hydrogens is 208 g/mol. The first kappa shape index (κ1) is 12.8. The van der Waals surface area contributed by atoms with Crippen LogP contribution >= 0.6 is 0 Å². The van der Waals surface area contributed by atoms with E-state index in [0.717, 1.165) is 12.8 Å². The van der Waals surface area contributed by atoms with Gasteiger partial charge in [-0.2, -0.15) is 0 Å². The van der Waals surface area contributed by atoms with Crippen LogP contribution in [0.3, 0.4) is 0 Å². The maximum absolute atomic E-state index is 11.8. The van der Waals surface area contributed by atoms with Gasteiger partial charge in [-0.3, -0.25) is 4.79 Å². The van der Waals surface area contributed by atoms with E-state index in [-0.39, 0.29) is 12.6 Å². The van der Waals surface area contributed by atoms with Crippen molar-refractivity contribution in [2.75, 3.05) is 13.1 Å². The average molecular weight is 228 g/mol. The molecule has 92 valence electrons. The third kappa shape index (κ3) is 3.40. The van der Waals surface area contributed by atoms with Gasteiger partial charge in [0, 0.05) is 19.1 Å². The van der Waals surface area contributed by atoms with E-state index in [4.69, 9.17) is 5.11 Å². The molecule has 0 aromatic rings. The zero-order chi connectivity index (χ0) is 12.1. The minimum atomic E-state index is -0.866. The Hall–Kier alpha value is -1.26. The lowest BCUT2D eigenvalue weighted by atomic mass is 9.93. The van der Waals surface area contributed by atoms with E-state index in [1.54, 1.807) is 11.8 Å². The highest BCUT2D eigenvalue weighted by atomic mass is 16.4. The smallest absolute Gasteiger partial charge is 0.317 e. The van der Waals surface area contributed by atoms with Crippen molar-refractivity contribution in [2.45, 2.75) is 39.2 Å². The molecule has 2 amide bonds. The van der Waals surface area contributed by atoms with Crippen molar-refractivity contribution < 1.29 is 14.7 Å². The molecule has 0 heterocycles. The van der Waals surface area contributed by atoms with Crippen LogP contribution in [0.25, 0.3) is 0 Å². The van der Waals surface area contributed by atoms with Crippen LogP contribution in [0.4, 0.5) is 4.79 Å². The lowest BCUT2D eigenvalue weighted by molar-refractivity contribution is -0.141. The number of amides is 2. The molecule has 0 aromatic carbocycles. The quantitative estimate of drug-likeness (QED) is 0.745. The van der Waals surface area contributed by atoms with Crippen molar-refractivity contribution in [2.24, 2.45) is 5.92 Å². The van der Waals surface area contributed by atoms with Crippen LogP contribution in [0.15, 0.2) is 0 Å². The molecule has 0 saturated heterocycles. The van der Waals surface area contributed by atoms with Crippen molar-refractivity contribution in [1.82, 2.24) is 10.2 Å². The molecule has 2 N–H and O–H groups in total. The molecule has 1 fully saturated rings. The van der Waals surface area contributed by atoms with Gasteiger partial charge in [0.15, 0.2) is 0 Å². The highest BCUT2D eigenvalue weighted by Crippen LogP contribution is 2.18. The predicted octanol–water partition coefficient (Wildman–Crippen LogP) is 1.29. The minimum Gasteiger partial charge on any atom is -0.481 e. The molecule has 16 heavy (non-hydrogen) atoms. The van der Waals surface area contributed by atoms with E-state index in [2.05, 4.69) is 5.32 Å². The van der Waals surface area contributed by atoms with E-state index in [1.807, 2.05) is 6.92 Å². The summed E-state index contributed by atoms with van der Waals surface area (Å²) in [5.74, 6) is -1.39. The summed E-state index contributed by atoms with van der Waals surface area (Å²) in [6.07, 6.45) is 3.25. The zero-order valence-corrected chi connectivity index (χ0v) is 9.90. The van der Waals surface area contributed by atoms with Crippen LogP contribution < -0.4 is 5.32 Å². The van der Waals surface area contributed by atoms with Crippen LogP contribution in [-0.2, 0) is 4.79 Å². The van der Waals surface area contributed by atoms with Crippen LogP contribution in [0.1, 0.15) is 33.1 Å². The molecule has 5 heteroatoms.